The summed E-state index contributed by atoms with van der Waals surface area (Å²) in [6.45, 7) is 3.99. The average Bonchev–Trinajstić information content (AvgIpc) is 3.55. The summed E-state index contributed by atoms with van der Waals surface area (Å²) in [4.78, 5) is 29.6. The molecule has 2 fully saturated rings. The lowest BCUT2D eigenvalue weighted by Gasteiger charge is -2.33. The molecular weight excluding hydrogens is 464 g/mol. The minimum absolute atomic E-state index is 0.0794. The van der Waals surface area contributed by atoms with E-state index in [1.165, 1.54) is 0 Å². The molecule has 37 heavy (non-hydrogen) atoms. The third-order valence-electron chi connectivity index (χ3n) is 7.44. The van der Waals surface area contributed by atoms with E-state index in [-0.39, 0.29) is 11.8 Å². The number of carbonyl (C=O) groups excluding carboxylic acids is 1. The zero-order chi connectivity index (χ0) is 24.9. The highest BCUT2D eigenvalue weighted by atomic mass is 16.2. The number of carbonyl (C=O) groups is 1. The van der Waals surface area contributed by atoms with Crippen LogP contribution < -0.4 is 10.2 Å². The molecule has 1 aliphatic carbocycles. The fraction of sp³-hybridized carbons (Fsp3) is 0.286. The molecule has 0 unspecified atom stereocenters. The number of H-pyrrole nitrogens is 2. The number of likely N-dealkylation sites (N-methyl/N-ethyl adjacent to an activating group) is 1. The van der Waals surface area contributed by atoms with Crippen molar-refractivity contribution >= 4 is 39.2 Å². The number of anilines is 2. The summed E-state index contributed by atoms with van der Waals surface area (Å²) >= 11 is 0. The van der Waals surface area contributed by atoms with Crippen LogP contribution in [0, 0.1) is 5.92 Å². The molecular formula is C28H28N8O. The number of nitrogens with zero attached hydrogens (tertiary/aromatic N) is 5. The summed E-state index contributed by atoms with van der Waals surface area (Å²) in [6.07, 6.45) is 7.34. The number of aromatic nitrogens is 5. The largest absolute Gasteiger partial charge is 0.353 e. The Morgan fingerprint density at radius 1 is 0.973 bits per heavy atom. The van der Waals surface area contributed by atoms with Gasteiger partial charge in [0, 0.05) is 60.8 Å². The van der Waals surface area contributed by atoms with Crippen LogP contribution in [0.1, 0.15) is 12.8 Å². The van der Waals surface area contributed by atoms with Crippen molar-refractivity contribution in [3.63, 3.8) is 0 Å². The number of hydrogen-bond acceptors (Lipinski definition) is 6. The molecule has 0 radical (unpaired) electrons. The molecule has 1 amide bonds. The van der Waals surface area contributed by atoms with Crippen molar-refractivity contribution in [2.75, 3.05) is 43.4 Å². The number of hydrogen-bond donors (Lipinski definition) is 3. The molecule has 5 aromatic rings. The first kappa shape index (κ1) is 22.0. The van der Waals surface area contributed by atoms with Crippen LogP contribution in [0.4, 0.5) is 11.5 Å². The van der Waals surface area contributed by atoms with Crippen molar-refractivity contribution in [1.29, 1.82) is 0 Å². The van der Waals surface area contributed by atoms with Gasteiger partial charge in [-0.2, -0.15) is 5.10 Å². The van der Waals surface area contributed by atoms with Gasteiger partial charge in [-0.3, -0.25) is 14.9 Å². The molecule has 0 bridgehead atoms. The number of nitrogens with one attached hydrogen (secondary N) is 3. The summed E-state index contributed by atoms with van der Waals surface area (Å²) in [5.74, 6) is 1.25. The maximum absolute atomic E-state index is 12.2. The molecule has 7 rings (SSSR count). The highest BCUT2D eigenvalue weighted by Gasteiger charge is 2.29. The van der Waals surface area contributed by atoms with Crippen LogP contribution in [-0.2, 0) is 4.79 Å². The fourth-order valence-corrected chi connectivity index (χ4v) is 5.09. The maximum Gasteiger partial charge on any atom is 0.227 e. The second kappa shape index (κ2) is 8.70. The molecule has 1 saturated heterocycles. The summed E-state index contributed by atoms with van der Waals surface area (Å²) < 4.78 is 0. The molecule has 1 aromatic carbocycles. The van der Waals surface area contributed by atoms with Crippen LogP contribution in [-0.4, -0.2) is 69.2 Å². The second-order valence-electron chi connectivity index (χ2n) is 10.1. The smallest absolute Gasteiger partial charge is 0.227 e. The third-order valence-corrected chi connectivity index (χ3v) is 7.44. The zero-order valence-electron chi connectivity index (χ0n) is 20.7. The van der Waals surface area contributed by atoms with Gasteiger partial charge in [0.2, 0.25) is 5.91 Å². The third kappa shape index (κ3) is 4.11. The lowest BCUT2D eigenvalue weighted by atomic mass is 10.0. The Morgan fingerprint density at radius 3 is 2.68 bits per heavy atom. The van der Waals surface area contributed by atoms with Gasteiger partial charge in [0.05, 0.1) is 28.6 Å². The Bertz CT molecular complexity index is 1620. The summed E-state index contributed by atoms with van der Waals surface area (Å²) in [5, 5.41) is 13.0. The maximum atomic E-state index is 12.2. The summed E-state index contributed by atoms with van der Waals surface area (Å²) in [5.41, 5.74) is 6.51. The van der Waals surface area contributed by atoms with Crippen LogP contribution >= 0.6 is 0 Å². The molecule has 2 aliphatic rings. The highest BCUT2D eigenvalue weighted by Crippen LogP contribution is 2.35. The van der Waals surface area contributed by atoms with Crippen molar-refractivity contribution in [2.45, 2.75) is 12.8 Å². The first-order chi connectivity index (χ1) is 18.1. The quantitative estimate of drug-likeness (QED) is 0.338. The van der Waals surface area contributed by atoms with E-state index in [0.717, 1.165) is 94.8 Å². The number of amides is 1. The van der Waals surface area contributed by atoms with Gasteiger partial charge in [-0.15, -0.1) is 0 Å². The van der Waals surface area contributed by atoms with Crippen molar-refractivity contribution < 1.29 is 4.79 Å². The first-order valence-electron chi connectivity index (χ1n) is 12.8. The Labute approximate surface area is 213 Å². The zero-order valence-corrected chi connectivity index (χ0v) is 20.7. The van der Waals surface area contributed by atoms with Crippen molar-refractivity contribution in [3.05, 3.63) is 55.0 Å². The van der Waals surface area contributed by atoms with E-state index in [9.17, 15) is 4.79 Å². The molecule has 9 nitrogen and oxygen atoms in total. The minimum Gasteiger partial charge on any atom is -0.353 e. The number of pyridine rings is 2. The number of benzene rings is 1. The topological polar surface area (TPSA) is 106 Å². The number of aromatic amines is 2. The lowest BCUT2D eigenvalue weighted by molar-refractivity contribution is -0.117. The average molecular weight is 493 g/mol. The van der Waals surface area contributed by atoms with Gasteiger partial charge in [-0.1, -0.05) is 6.07 Å². The van der Waals surface area contributed by atoms with Gasteiger partial charge >= 0.3 is 0 Å². The van der Waals surface area contributed by atoms with E-state index in [1.807, 2.05) is 30.6 Å². The van der Waals surface area contributed by atoms with Crippen molar-refractivity contribution in [2.24, 2.45) is 5.92 Å². The van der Waals surface area contributed by atoms with Gasteiger partial charge in [0.25, 0.3) is 0 Å². The molecule has 186 valence electrons. The number of fused-ring (bicyclic) bond motifs is 2. The van der Waals surface area contributed by atoms with Gasteiger partial charge < -0.3 is 20.1 Å². The van der Waals surface area contributed by atoms with Crippen LogP contribution in [0.2, 0.25) is 0 Å². The normalized spacial score (nSPS) is 16.5. The second-order valence-corrected chi connectivity index (χ2v) is 10.1. The van der Waals surface area contributed by atoms with Crippen LogP contribution in [0.25, 0.3) is 44.3 Å². The number of piperazine rings is 1. The van der Waals surface area contributed by atoms with E-state index in [0.29, 0.717) is 0 Å². The molecule has 9 heteroatoms. The van der Waals surface area contributed by atoms with Gasteiger partial charge in [-0.25, -0.2) is 4.98 Å². The molecule has 5 heterocycles. The standard InChI is InChI=1S/C28H28N8O/c1-35-8-10-36(11-9-35)27-22-14-25(32-23(22)6-7-30-27)26-21-13-18(4-5-24(21)33-34-26)19-12-20(16-29-15-19)31-28(37)17-2-3-17/h4-7,12-17,32H,2-3,8-11H2,1H3,(H,31,37)(H,33,34). The van der Waals surface area contributed by atoms with E-state index in [1.54, 1.807) is 6.20 Å². The molecule has 4 aromatic heterocycles. The number of rotatable bonds is 5. The summed E-state index contributed by atoms with van der Waals surface area (Å²) in [7, 11) is 2.16. The van der Waals surface area contributed by atoms with Gasteiger partial charge in [0.15, 0.2) is 0 Å². The predicted molar refractivity (Wildman–Crippen MR) is 145 cm³/mol. The van der Waals surface area contributed by atoms with Gasteiger partial charge in [0.1, 0.15) is 11.5 Å². The monoisotopic (exact) mass is 492 g/mol. The molecule has 0 spiro atoms. The Hall–Kier alpha value is -4.24. The highest BCUT2D eigenvalue weighted by molar-refractivity contribution is 6.00. The van der Waals surface area contributed by atoms with Crippen LogP contribution in [0.15, 0.2) is 55.0 Å². The van der Waals surface area contributed by atoms with Crippen LogP contribution in [0.3, 0.4) is 0 Å². The predicted octanol–water partition coefficient (Wildman–Crippen LogP) is 4.27. The fourth-order valence-electron chi connectivity index (χ4n) is 5.09. The Morgan fingerprint density at radius 2 is 1.84 bits per heavy atom. The molecule has 1 saturated carbocycles. The first-order valence-corrected chi connectivity index (χ1v) is 12.8. The Kier molecular flexibility index (Phi) is 5.17. The van der Waals surface area contributed by atoms with E-state index >= 15 is 0 Å². The SMILES string of the molecule is CN1CCN(c2nccc3[nH]c(-c4n[nH]c5ccc(-c6cncc(NC(=O)C7CC7)c6)cc45)cc23)CC1. The molecule has 0 atom stereocenters. The lowest BCUT2D eigenvalue weighted by Crippen LogP contribution is -2.44. The van der Waals surface area contributed by atoms with E-state index < -0.39 is 0 Å². The Balaban J connectivity index is 1.24. The van der Waals surface area contributed by atoms with Crippen molar-refractivity contribution in [3.8, 4) is 22.5 Å². The molecule has 1 aliphatic heterocycles. The van der Waals surface area contributed by atoms with Crippen molar-refractivity contribution in [1.82, 2.24) is 30.0 Å². The van der Waals surface area contributed by atoms with E-state index in [2.05, 4.69) is 60.5 Å². The minimum atomic E-state index is 0.0794. The van der Waals surface area contributed by atoms with E-state index in [4.69, 9.17) is 4.98 Å². The van der Waals surface area contributed by atoms with Crippen LogP contribution in [0.5, 0.6) is 0 Å². The molecule has 3 N–H and O–H groups in total. The summed E-state index contributed by atoms with van der Waals surface area (Å²) in [6, 6.07) is 12.4. The van der Waals surface area contributed by atoms with Gasteiger partial charge in [-0.05, 0) is 55.8 Å².